The van der Waals surface area contributed by atoms with Gasteiger partial charge in [0.05, 0.1) is 16.1 Å². The maximum Gasteiger partial charge on any atom is 0.340 e. The van der Waals surface area contributed by atoms with Crippen molar-refractivity contribution in [2.75, 3.05) is 11.9 Å². The predicted octanol–water partition coefficient (Wildman–Crippen LogP) is 2.44. The van der Waals surface area contributed by atoms with E-state index in [2.05, 4.69) is 5.32 Å². The Kier molecular flexibility index (Phi) is 5.30. The number of hydrogen-bond acceptors (Lipinski definition) is 5. The van der Waals surface area contributed by atoms with Crippen molar-refractivity contribution in [2.45, 2.75) is 0 Å². The summed E-state index contributed by atoms with van der Waals surface area (Å²) in [4.78, 5) is 34.6. The average Bonchev–Trinajstić information content (AvgIpc) is 2.93. The van der Waals surface area contributed by atoms with Crippen molar-refractivity contribution in [1.29, 1.82) is 0 Å². The number of carbonyl (C=O) groups is 3. The molecule has 0 atom stereocenters. The molecular weight excluding hydrogens is 347 g/mol. The molecule has 0 aliphatic carbocycles. The molecule has 2 aromatic rings. The minimum atomic E-state index is -0.869. The van der Waals surface area contributed by atoms with Crippen LogP contribution in [0, 0.1) is 5.82 Å². The Labute approximate surface area is 139 Å². The minimum absolute atomic E-state index is 0.0604. The van der Waals surface area contributed by atoms with E-state index in [1.54, 1.807) is 5.38 Å². The lowest BCUT2D eigenvalue weighted by Crippen LogP contribution is -2.22. The van der Waals surface area contributed by atoms with E-state index in [0.29, 0.717) is 0 Å². The number of nitrogens with one attached hydrogen (secondary N) is 1. The van der Waals surface area contributed by atoms with Crippen molar-refractivity contribution in [3.8, 4) is 0 Å². The zero-order chi connectivity index (χ0) is 17.0. The van der Waals surface area contributed by atoms with Crippen LogP contribution in [0.2, 0.25) is 5.02 Å². The standard InChI is InChI=1S/C14H10ClFN2O4S/c15-10-5-7(16)1-2-8(10)14(21)22-6-11(19)18-13-9(12(17)20)3-4-23-13/h1-5H,6H2,(H2,17,20)(H,18,19). The third-order valence-corrected chi connectivity index (χ3v) is 3.81. The lowest BCUT2D eigenvalue weighted by molar-refractivity contribution is -0.119. The quantitative estimate of drug-likeness (QED) is 0.804. The molecule has 1 aromatic heterocycles. The summed E-state index contributed by atoms with van der Waals surface area (Å²) in [6.45, 7) is -0.595. The van der Waals surface area contributed by atoms with Crippen LogP contribution in [-0.4, -0.2) is 24.4 Å². The van der Waals surface area contributed by atoms with Crippen LogP contribution in [0.4, 0.5) is 9.39 Å². The summed E-state index contributed by atoms with van der Waals surface area (Å²) in [7, 11) is 0. The van der Waals surface area contributed by atoms with Crippen LogP contribution in [0.1, 0.15) is 20.7 Å². The van der Waals surface area contributed by atoms with Crippen molar-refractivity contribution < 1.29 is 23.5 Å². The lowest BCUT2D eigenvalue weighted by Gasteiger charge is -2.07. The third-order valence-electron chi connectivity index (χ3n) is 2.67. The van der Waals surface area contributed by atoms with E-state index in [0.717, 1.165) is 29.5 Å². The number of esters is 1. The van der Waals surface area contributed by atoms with Crippen LogP contribution in [0.15, 0.2) is 29.6 Å². The van der Waals surface area contributed by atoms with Gasteiger partial charge in [-0.25, -0.2) is 9.18 Å². The number of primary amides is 1. The highest BCUT2D eigenvalue weighted by atomic mass is 35.5. The molecule has 2 rings (SSSR count). The Morgan fingerprint density at radius 1 is 1.26 bits per heavy atom. The monoisotopic (exact) mass is 356 g/mol. The molecule has 9 heteroatoms. The van der Waals surface area contributed by atoms with E-state index in [-0.39, 0.29) is 21.2 Å². The molecule has 23 heavy (non-hydrogen) atoms. The molecule has 120 valence electrons. The van der Waals surface area contributed by atoms with E-state index in [4.69, 9.17) is 22.1 Å². The maximum absolute atomic E-state index is 12.9. The van der Waals surface area contributed by atoms with Gasteiger partial charge < -0.3 is 15.8 Å². The lowest BCUT2D eigenvalue weighted by atomic mass is 10.2. The van der Waals surface area contributed by atoms with Gasteiger partial charge in [-0.05, 0) is 29.6 Å². The molecule has 0 aliphatic rings. The zero-order valence-corrected chi connectivity index (χ0v) is 13.0. The van der Waals surface area contributed by atoms with E-state index in [1.165, 1.54) is 6.07 Å². The number of hydrogen-bond donors (Lipinski definition) is 2. The van der Waals surface area contributed by atoms with Crippen LogP contribution in [-0.2, 0) is 9.53 Å². The molecule has 0 spiro atoms. The van der Waals surface area contributed by atoms with Crippen molar-refractivity contribution in [3.63, 3.8) is 0 Å². The fourth-order valence-corrected chi connectivity index (χ4v) is 2.68. The molecule has 2 amide bonds. The number of halogens is 2. The predicted molar refractivity (Wildman–Crippen MR) is 83.2 cm³/mol. The van der Waals surface area contributed by atoms with Gasteiger partial charge in [0.2, 0.25) is 0 Å². The highest BCUT2D eigenvalue weighted by molar-refractivity contribution is 7.14. The molecule has 0 saturated carbocycles. The molecule has 0 unspecified atom stereocenters. The molecule has 1 aromatic carbocycles. The first-order chi connectivity index (χ1) is 10.9. The van der Waals surface area contributed by atoms with Gasteiger partial charge in [-0.15, -0.1) is 11.3 Å². The van der Waals surface area contributed by atoms with E-state index in [9.17, 15) is 18.8 Å². The van der Waals surface area contributed by atoms with Gasteiger partial charge in [0.1, 0.15) is 10.8 Å². The Bertz CT molecular complexity index is 778. The van der Waals surface area contributed by atoms with Gasteiger partial charge in [-0.2, -0.15) is 0 Å². The smallest absolute Gasteiger partial charge is 0.340 e. The fourth-order valence-electron chi connectivity index (χ4n) is 1.63. The van der Waals surface area contributed by atoms with Crippen LogP contribution >= 0.6 is 22.9 Å². The van der Waals surface area contributed by atoms with E-state index in [1.807, 2.05) is 0 Å². The van der Waals surface area contributed by atoms with Crippen molar-refractivity contribution >= 4 is 45.7 Å². The normalized spacial score (nSPS) is 10.2. The average molecular weight is 357 g/mol. The van der Waals surface area contributed by atoms with Gasteiger partial charge in [-0.3, -0.25) is 9.59 Å². The zero-order valence-electron chi connectivity index (χ0n) is 11.5. The topological polar surface area (TPSA) is 98.5 Å². The van der Waals surface area contributed by atoms with Gasteiger partial charge in [-0.1, -0.05) is 11.6 Å². The number of benzene rings is 1. The number of carbonyl (C=O) groups excluding carboxylic acids is 3. The Hall–Kier alpha value is -2.45. The summed E-state index contributed by atoms with van der Waals surface area (Å²) in [5, 5.41) is 4.14. The molecule has 0 radical (unpaired) electrons. The number of anilines is 1. The Morgan fingerprint density at radius 2 is 2.00 bits per heavy atom. The Morgan fingerprint density at radius 3 is 2.65 bits per heavy atom. The largest absolute Gasteiger partial charge is 0.452 e. The highest BCUT2D eigenvalue weighted by Crippen LogP contribution is 2.22. The summed E-state index contributed by atoms with van der Waals surface area (Å²) in [6, 6.07) is 4.63. The second-order valence-corrected chi connectivity index (χ2v) is 5.60. The van der Waals surface area contributed by atoms with Crippen molar-refractivity contribution in [2.24, 2.45) is 5.73 Å². The molecule has 0 aliphatic heterocycles. The molecule has 0 saturated heterocycles. The van der Waals surface area contributed by atoms with Crippen molar-refractivity contribution in [1.82, 2.24) is 0 Å². The first kappa shape index (κ1) is 16.9. The molecular formula is C14H10ClFN2O4S. The summed E-state index contributed by atoms with van der Waals surface area (Å²) < 4.78 is 17.7. The Balaban J connectivity index is 1.95. The first-order valence-corrected chi connectivity index (χ1v) is 7.43. The van der Waals surface area contributed by atoms with Crippen molar-refractivity contribution in [3.05, 3.63) is 51.6 Å². The second kappa shape index (κ2) is 7.21. The van der Waals surface area contributed by atoms with Crippen LogP contribution in [0.25, 0.3) is 0 Å². The summed E-state index contributed by atoms with van der Waals surface area (Å²) in [5.41, 5.74) is 5.25. The molecule has 3 N–H and O–H groups in total. The highest BCUT2D eigenvalue weighted by Gasteiger charge is 2.16. The van der Waals surface area contributed by atoms with Crippen LogP contribution in [0.3, 0.4) is 0 Å². The van der Waals surface area contributed by atoms with Gasteiger partial charge in [0, 0.05) is 0 Å². The summed E-state index contributed by atoms with van der Waals surface area (Å²) >= 11 is 6.82. The first-order valence-electron chi connectivity index (χ1n) is 6.18. The minimum Gasteiger partial charge on any atom is -0.452 e. The number of thiophene rings is 1. The third kappa shape index (κ3) is 4.27. The molecule has 1 heterocycles. The molecule has 6 nitrogen and oxygen atoms in total. The number of ether oxygens (including phenoxy) is 1. The van der Waals surface area contributed by atoms with Gasteiger partial charge in [0.15, 0.2) is 6.61 Å². The number of nitrogens with two attached hydrogens (primary N) is 1. The fraction of sp³-hybridized carbons (Fsp3) is 0.0714. The maximum atomic E-state index is 12.9. The van der Waals surface area contributed by atoms with Crippen LogP contribution < -0.4 is 11.1 Å². The summed E-state index contributed by atoms with van der Waals surface area (Å²) in [6.07, 6.45) is 0. The van der Waals surface area contributed by atoms with E-state index < -0.39 is 30.2 Å². The summed E-state index contributed by atoms with van der Waals surface area (Å²) in [5.74, 6) is -2.80. The molecule has 0 fully saturated rings. The molecule has 0 bridgehead atoms. The van der Waals surface area contributed by atoms with Crippen LogP contribution in [0.5, 0.6) is 0 Å². The van der Waals surface area contributed by atoms with Gasteiger partial charge >= 0.3 is 5.97 Å². The second-order valence-electron chi connectivity index (χ2n) is 4.28. The number of amides is 2. The number of rotatable bonds is 5. The van der Waals surface area contributed by atoms with Gasteiger partial charge in [0.25, 0.3) is 11.8 Å². The SMILES string of the molecule is NC(=O)c1ccsc1NC(=O)COC(=O)c1ccc(F)cc1Cl. The van der Waals surface area contributed by atoms with E-state index >= 15 is 0 Å².